The fraction of sp³-hybridized carbons (Fsp3) is 0.100. The molecular formula is C10H8F3N3O. The minimum atomic E-state index is -4.44. The molecule has 0 aliphatic rings. The zero-order valence-corrected chi connectivity index (χ0v) is 8.43. The molecule has 90 valence electrons. The number of nitrogen functional groups attached to an aromatic ring is 1. The Kier molecular flexibility index (Phi) is 2.55. The lowest BCUT2D eigenvalue weighted by molar-refractivity contribution is -0.137. The molecule has 1 aromatic heterocycles. The summed E-state index contributed by atoms with van der Waals surface area (Å²) in [6, 6.07) is 3.13. The first-order valence-electron chi connectivity index (χ1n) is 4.63. The van der Waals surface area contributed by atoms with Gasteiger partial charge in [-0.3, -0.25) is 10.2 Å². The van der Waals surface area contributed by atoms with Crippen molar-refractivity contribution in [2.45, 2.75) is 6.18 Å². The number of alkyl halides is 3. The van der Waals surface area contributed by atoms with Crippen LogP contribution in [0.2, 0.25) is 0 Å². The number of amides is 1. The molecule has 0 aliphatic heterocycles. The number of rotatable bonds is 1. The summed E-state index contributed by atoms with van der Waals surface area (Å²) in [5.41, 5.74) is 1.59. The Morgan fingerprint density at radius 1 is 1.35 bits per heavy atom. The van der Waals surface area contributed by atoms with E-state index in [1.165, 1.54) is 12.3 Å². The second kappa shape index (κ2) is 3.77. The number of H-pyrrole nitrogens is 1. The maximum atomic E-state index is 12.5. The molecule has 0 atom stereocenters. The number of hydrogen-bond donors (Lipinski definition) is 3. The van der Waals surface area contributed by atoms with Crippen molar-refractivity contribution in [1.82, 2.24) is 10.4 Å². The second-order valence-electron chi connectivity index (χ2n) is 3.43. The van der Waals surface area contributed by atoms with Crippen molar-refractivity contribution in [1.29, 1.82) is 0 Å². The van der Waals surface area contributed by atoms with Gasteiger partial charge in [-0.2, -0.15) is 13.2 Å². The lowest BCUT2D eigenvalue weighted by Crippen LogP contribution is -2.29. The normalized spacial score (nSPS) is 11.8. The van der Waals surface area contributed by atoms with E-state index < -0.39 is 17.6 Å². The molecule has 0 fully saturated rings. The molecule has 2 rings (SSSR count). The van der Waals surface area contributed by atoms with Crippen LogP contribution in [0.1, 0.15) is 15.9 Å². The number of halogens is 3. The molecule has 7 heteroatoms. The molecule has 4 N–H and O–H groups in total. The largest absolute Gasteiger partial charge is 0.416 e. The maximum Gasteiger partial charge on any atom is 0.416 e. The number of aromatic amines is 1. The van der Waals surface area contributed by atoms with Crippen molar-refractivity contribution in [3.63, 3.8) is 0 Å². The van der Waals surface area contributed by atoms with Crippen LogP contribution in [-0.2, 0) is 6.18 Å². The summed E-state index contributed by atoms with van der Waals surface area (Å²) < 4.78 is 37.5. The van der Waals surface area contributed by atoms with E-state index in [1.54, 1.807) is 0 Å². The molecule has 1 aromatic carbocycles. The quantitative estimate of drug-likeness (QED) is 0.406. The van der Waals surface area contributed by atoms with Crippen molar-refractivity contribution in [2.75, 3.05) is 0 Å². The van der Waals surface area contributed by atoms with Crippen molar-refractivity contribution >= 4 is 16.8 Å². The number of fused-ring (bicyclic) bond motifs is 1. The molecule has 2 aromatic rings. The molecule has 1 heterocycles. The van der Waals surface area contributed by atoms with E-state index in [0.717, 1.165) is 12.1 Å². The van der Waals surface area contributed by atoms with Gasteiger partial charge in [-0.1, -0.05) is 0 Å². The van der Waals surface area contributed by atoms with Crippen LogP contribution in [0.3, 0.4) is 0 Å². The molecule has 0 bridgehead atoms. The minimum absolute atomic E-state index is 0.0774. The molecular weight excluding hydrogens is 235 g/mol. The van der Waals surface area contributed by atoms with Gasteiger partial charge >= 0.3 is 6.18 Å². The minimum Gasteiger partial charge on any atom is -0.360 e. The van der Waals surface area contributed by atoms with Crippen molar-refractivity contribution in [2.24, 2.45) is 5.84 Å². The third kappa shape index (κ3) is 1.96. The second-order valence-corrected chi connectivity index (χ2v) is 3.43. The predicted octanol–water partition coefficient (Wildman–Crippen LogP) is 1.79. The predicted molar refractivity (Wildman–Crippen MR) is 55.0 cm³/mol. The average Bonchev–Trinajstić information content (AvgIpc) is 2.69. The van der Waals surface area contributed by atoms with Crippen LogP contribution in [0.4, 0.5) is 13.2 Å². The van der Waals surface area contributed by atoms with Gasteiger partial charge in [0.1, 0.15) is 0 Å². The zero-order chi connectivity index (χ0) is 12.6. The van der Waals surface area contributed by atoms with Gasteiger partial charge in [0, 0.05) is 17.1 Å². The Balaban J connectivity index is 2.62. The lowest BCUT2D eigenvalue weighted by Gasteiger charge is -2.06. The van der Waals surface area contributed by atoms with Gasteiger partial charge in [0.2, 0.25) is 0 Å². The van der Waals surface area contributed by atoms with Gasteiger partial charge in [-0.25, -0.2) is 5.84 Å². The number of carbonyl (C=O) groups is 1. The topological polar surface area (TPSA) is 70.9 Å². The van der Waals surface area contributed by atoms with E-state index in [1.807, 2.05) is 5.43 Å². The third-order valence-corrected chi connectivity index (χ3v) is 2.38. The third-order valence-electron chi connectivity index (χ3n) is 2.38. The summed E-state index contributed by atoms with van der Waals surface area (Å²) >= 11 is 0. The van der Waals surface area contributed by atoms with E-state index in [-0.39, 0.29) is 10.9 Å². The van der Waals surface area contributed by atoms with Crippen LogP contribution in [0.5, 0.6) is 0 Å². The zero-order valence-electron chi connectivity index (χ0n) is 8.43. The Morgan fingerprint density at radius 3 is 2.65 bits per heavy atom. The number of benzene rings is 1. The highest BCUT2D eigenvalue weighted by Gasteiger charge is 2.31. The number of carbonyl (C=O) groups excluding carboxylic acids is 1. The van der Waals surface area contributed by atoms with Crippen LogP contribution >= 0.6 is 0 Å². The lowest BCUT2D eigenvalue weighted by atomic mass is 10.1. The van der Waals surface area contributed by atoms with E-state index >= 15 is 0 Å². The first kappa shape index (κ1) is 11.5. The standard InChI is InChI=1S/C10H8F3N3O/c11-10(12,13)5-1-2-8-6(3-5)7(4-15-8)9(17)16-14/h1-4,15H,14H2,(H,16,17). The molecule has 0 saturated carbocycles. The molecule has 0 spiro atoms. The van der Waals surface area contributed by atoms with E-state index in [4.69, 9.17) is 5.84 Å². The summed E-state index contributed by atoms with van der Waals surface area (Å²) in [5.74, 6) is 4.30. The summed E-state index contributed by atoms with van der Waals surface area (Å²) in [7, 11) is 0. The number of aromatic nitrogens is 1. The van der Waals surface area contributed by atoms with E-state index in [0.29, 0.717) is 5.52 Å². The van der Waals surface area contributed by atoms with Gasteiger partial charge in [-0.15, -0.1) is 0 Å². The Morgan fingerprint density at radius 2 is 2.06 bits per heavy atom. The molecule has 0 saturated heterocycles. The Labute approximate surface area is 93.6 Å². The van der Waals surface area contributed by atoms with E-state index in [9.17, 15) is 18.0 Å². The van der Waals surface area contributed by atoms with Gasteiger partial charge in [-0.05, 0) is 18.2 Å². The van der Waals surface area contributed by atoms with Gasteiger partial charge in [0.05, 0.1) is 11.1 Å². The highest BCUT2D eigenvalue weighted by Crippen LogP contribution is 2.32. The molecule has 0 radical (unpaired) electrons. The first-order chi connectivity index (χ1) is 7.93. The van der Waals surface area contributed by atoms with Crippen LogP contribution in [0.15, 0.2) is 24.4 Å². The smallest absolute Gasteiger partial charge is 0.360 e. The summed E-state index contributed by atoms with van der Waals surface area (Å²) in [4.78, 5) is 14.0. The number of nitrogens with two attached hydrogens (primary N) is 1. The summed E-state index contributed by atoms with van der Waals surface area (Å²) in [6.07, 6.45) is -3.13. The highest BCUT2D eigenvalue weighted by atomic mass is 19.4. The SMILES string of the molecule is NNC(=O)c1c[nH]c2ccc(C(F)(F)F)cc12. The van der Waals surface area contributed by atoms with Gasteiger partial charge in [0.25, 0.3) is 5.91 Å². The van der Waals surface area contributed by atoms with Crippen molar-refractivity contribution in [3.8, 4) is 0 Å². The van der Waals surface area contributed by atoms with Crippen LogP contribution < -0.4 is 11.3 Å². The highest BCUT2D eigenvalue weighted by molar-refractivity contribution is 6.06. The Hall–Kier alpha value is -2.02. The van der Waals surface area contributed by atoms with Gasteiger partial charge < -0.3 is 4.98 Å². The molecule has 17 heavy (non-hydrogen) atoms. The Bertz CT molecular complexity index is 574. The number of hydrogen-bond acceptors (Lipinski definition) is 2. The average molecular weight is 243 g/mol. The molecule has 0 aliphatic carbocycles. The number of nitrogens with one attached hydrogen (secondary N) is 2. The van der Waals surface area contributed by atoms with Crippen LogP contribution in [0.25, 0.3) is 10.9 Å². The first-order valence-corrected chi connectivity index (χ1v) is 4.63. The van der Waals surface area contributed by atoms with E-state index in [2.05, 4.69) is 4.98 Å². The summed E-state index contributed by atoms with van der Waals surface area (Å²) in [6.45, 7) is 0. The molecule has 0 unspecified atom stereocenters. The van der Waals surface area contributed by atoms with Crippen molar-refractivity contribution in [3.05, 3.63) is 35.5 Å². The van der Waals surface area contributed by atoms with Crippen LogP contribution in [0, 0.1) is 0 Å². The number of hydrazine groups is 1. The monoisotopic (exact) mass is 243 g/mol. The maximum absolute atomic E-state index is 12.5. The van der Waals surface area contributed by atoms with Gasteiger partial charge in [0.15, 0.2) is 0 Å². The van der Waals surface area contributed by atoms with Crippen LogP contribution in [-0.4, -0.2) is 10.9 Å². The molecule has 1 amide bonds. The fourth-order valence-corrected chi connectivity index (χ4v) is 1.56. The summed E-state index contributed by atoms with van der Waals surface area (Å²) in [5, 5.41) is 0.183. The fourth-order valence-electron chi connectivity index (χ4n) is 1.56. The molecule has 4 nitrogen and oxygen atoms in total. The van der Waals surface area contributed by atoms with Crippen molar-refractivity contribution < 1.29 is 18.0 Å².